The highest BCUT2D eigenvalue weighted by Gasteiger charge is 2.24. The molecule has 4 aromatic rings. The summed E-state index contributed by atoms with van der Waals surface area (Å²) in [6.45, 7) is 0.473. The molecule has 0 unspecified atom stereocenters. The summed E-state index contributed by atoms with van der Waals surface area (Å²) in [5.41, 5.74) is 2.53. The van der Waals surface area contributed by atoms with E-state index in [1.165, 1.54) is 12.5 Å². The van der Waals surface area contributed by atoms with Crippen LogP contribution in [0.1, 0.15) is 54.1 Å². The Hall–Kier alpha value is -3.80. The van der Waals surface area contributed by atoms with Crippen molar-refractivity contribution in [3.63, 3.8) is 0 Å². The molecule has 0 atom stereocenters. The van der Waals surface area contributed by atoms with Gasteiger partial charge in [0.2, 0.25) is 0 Å². The monoisotopic (exact) mass is 442 g/mol. The average molecular weight is 443 g/mol. The van der Waals surface area contributed by atoms with E-state index in [-0.39, 0.29) is 17.2 Å². The van der Waals surface area contributed by atoms with Gasteiger partial charge in [0, 0.05) is 0 Å². The fourth-order valence-corrected chi connectivity index (χ4v) is 4.71. The van der Waals surface area contributed by atoms with Gasteiger partial charge in [0.1, 0.15) is 12.4 Å². The van der Waals surface area contributed by atoms with Gasteiger partial charge in [0.25, 0.3) is 5.56 Å². The second-order valence-electron chi connectivity index (χ2n) is 8.56. The second-order valence-corrected chi connectivity index (χ2v) is 8.56. The Balaban J connectivity index is 1.54. The molecule has 6 heteroatoms. The lowest BCUT2D eigenvalue weighted by Gasteiger charge is -2.26. The third kappa shape index (κ3) is 4.16. The molecule has 0 aliphatic heterocycles. The smallest absolute Gasteiger partial charge is 0.335 e. The zero-order valence-corrected chi connectivity index (χ0v) is 18.3. The quantitative estimate of drug-likeness (QED) is 0.423. The second kappa shape index (κ2) is 8.98. The molecular weight excluding hydrogens is 416 g/mol. The highest BCUT2D eigenvalue weighted by Crippen LogP contribution is 2.32. The van der Waals surface area contributed by atoms with Crippen LogP contribution in [-0.2, 0) is 6.61 Å². The van der Waals surface area contributed by atoms with Crippen molar-refractivity contribution in [1.82, 2.24) is 9.36 Å². The van der Waals surface area contributed by atoms with Crippen LogP contribution >= 0.6 is 0 Å². The minimum Gasteiger partial charge on any atom is -0.489 e. The van der Waals surface area contributed by atoms with E-state index in [1.54, 1.807) is 16.8 Å². The normalized spacial score (nSPS) is 14.4. The maximum atomic E-state index is 13.5. The van der Waals surface area contributed by atoms with Gasteiger partial charge in [0.15, 0.2) is 0 Å². The molecule has 0 radical (unpaired) electrons. The van der Waals surface area contributed by atoms with Crippen LogP contribution in [0.15, 0.2) is 77.6 Å². The van der Waals surface area contributed by atoms with Crippen LogP contribution in [0.5, 0.6) is 5.75 Å². The van der Waals surface area contributed by atoms with E-state index in [0.717, 1.165) is 48.2 Å². The van der Waals surface area contributed by atoms with Crippen molar-refractivity contribution >= 4 is 16.9 Å². The van der Waals surface area contributed by atoms with E-state index in [2.05, 4.69) is 4.68 Å². The van der Waals surface area contributed by atoms with Crippen molar-refractivity contribution < 1.29 is 14.6 Å². The molecule has 1 heterocycles. The van der Waals surface area contributed by atoms with E-state index in [9.17, 15) is 14.7 Å². The van der Waals surface area contributed by atoms with Crippen LogP contribution in [0.3, 0.4) is 0 Å². The van der Waals surface area contributed by atoms with Crippen molar-refractivity contribution in [3.8, 4) is 11.4 Å². The number of carbonyl (C=O) groups is 1. The first kappa shape index (κ1) is 21.1. The molecule has 1 aliphatic carbocycles. The Morgan fingerprint density at radius 1 is 0.939 bits per heavy atom. The summed E-state index contributed by atoms with van der Waals surface area (Å²) >= 11 is 0. The molecule has 3 aromatic carbocycles. The zero-order chi connectivity index (χ0) is 22.8. The van der Waals surface area contributed by atoms with E-state index < -0.39 is 5.97 Å². The molecule has 1 aliphatic rings. The third-order valence-electron chi connectivity index (χ3n) is 6.38. The number of fused-ring (bicyclic) bond motifs is 1. The molecule has 1 N–H and O–H groups in total. The Morgan fingerprint density at radius 3 is 2.36 bits per heavy atom. The summed E-state index contributed by atoms with van der Waals surface area (Å²) < 4.78 is 9.67. The van der Waals surface area contributed by atoms with Crippen molar-refractivity contribution in [2.45, 2.75) is 44.8 Å². The minimum atomic E-state index is -1.03. The molecule has 0 bridgehead atoms. The van der Waals surface area contributed by atoms with Gasteiger partial charge in [-0.2, -0.15) is 0 Å². The number of carboxylic acids is 1. The first-order valence-electron chi connectivity index (χ1n) is 11.4. The largest absolute Gasteiger partial charge is 0.489 e. The van der Waals surface area contributed by atoms with Gasteiger partial charge in [-0.15, -0.1) is 0 Å². The molecule has 1 aromatic heterocycles. The van der Waals surface area contributed by atoms with Gasteiger partial charge in [0.05, 0.1) is 28.2 Å². The van der Waals surface area contributed by atoms with Crippen LogP contribution in [0.2, 0.25) is 0 Å². The van der Waals surface area contributed by atoms with Crippen LogP contribution in [0.4, 0.5) is 0 Å². The number of aromatic carboxylic acids is 1. The summed E-state index contributed by atoms with van der Waals surface area (Å²) in [5, 5.41) is 9.85. The number of nitrogens with zero attached hydrogens (tertiary/aromatic N) is 2. The maximum absolute atomic E-state index is 13.5. The highest BCUT2D eigenvalue weighted by molar-refractivity contribution is 5.93. The lowest BCUT2D eigenvalue weighted by molar-refractivity contribution is 0.0697. The summed E-state index contributed by atoms with van der Waals surface area (Å²) in [6.07, 6.45) is 5.46. The number of carboxylic acid groups (broad SMARTS) is 1. The molecule has 0 amide bonds. The molecule has 0 spiro atoms. The number of hydrogen-bond donors (Lipinski definition) is 1. The van der Waals surface area contributed by atoms with Gasteiger partial charge in [-0.05, 0) is 60.9 Å². The topological polar surface area (TPSA) is 73.5 Å². The summed E-state index contributed by atoms with van der Waals surface area (Å²) in [6, 6.07) is 22.5. The predicted octanol–water partition coefficient (Wildman–Crippen LogP) is 5.57. The molecule has 1 fully saturated rings. The molecule has 1 saturated carbocycles. The Labute approximate surface area is 191 Å². The number of hydrogen-bond acceptors (Lipinski definition) is 3. The first-order valence-corrected chi connectivity index (χ1v) is 11.4. The third-order valence-corrected chi connectivity index (χ3v) is 6.38. The molecule has 33 heavy (non-hydrogen) atoms. The fraction of sp³-hybridized carbons (Fsp3) is 0.259. The lowest BCUT2D eigenvalue weighted by atomic mass is 9.95. The van der Waals surface area contributed by atoms with Crippen molar-refractivity contribution in [2.24, 2.45) is 0 Å². The van der Waals surface area contributed by atoms with Crippen LogP contribution in [0.25, 0.3) is 16.6 Å². The molecule has 5 rings (SSSR count). The Morgan fingerprint density at radius 2 is 1.67 bits per heavy atom. The van der Waals surface area contributed by atoms with Crippen LogP contribution < -0.4 is 10.3 Å². The van der Waals surface area contributed by atoms with Gasteiger partial charge >= 0.3 is 5.97 Å². The predicted molar refractivity (Wildman–Crippen MR) is 127 cm³/mol. The lowest BCUT2D eigenvalue weighted by Crippen LogP contribution is -2.25. The van der Waals surface area contributed by atoms with E-state index in [1.807, 2.05) is 54.6 Å². The van der Waals surface area contributed by atoms with E-state index >= 15 is 0 Å². The summed E-state index contributed by atoms with van der Waals surface area (Å²) in [4.78, 5) is 25.0. The molecule has 6 nitrogen and oxygen atoms in total. The highest BCUT2D eigenvalue weighted by atomic mass is 16.5. The van der Waals surface area contributed by atoms with Crippen molar-refractivity contribution in [1.29, 1.82) is 0 Å². The average Bonchev–Trinajstić information content (AvgIpc) is 3.16. The van der Waals surface area contributed by atoms with E-state index in [4.69, 9.17) is 4.74 Å². The van der Waals surface area contributed by atoms with Crippen molar-refractivity contribution in [3.05, 3.63) is 94.3 Å². The van der Waals surface area contributed by atoms with Crippen molar-refractivity contribution in [2.75, 3.05) is 0 Å². The van der Waals surface area contributed by atoms with Gasteiger partial charge in [-0.25, -0.2) is 9.48 Å². The minimum absolute atomic E-state index is 0.122. The Bertz CT molecular complexity index is 1330. The SMILES string of the molecule is O=C(O)c1ccc2c(c1)c(=O)n(-c1ccc(OCc3ccccc3)cc1)n2C1CCCCC1. The van der Waals surface area contributed by atoms with Gasteiger partial charge in [-0.3, -0.25) is 9.48 Å². The standard InChI is InChI=1S/C27H26N2O4/c30-26-24-17-20(27(31)32)11-16-25(24)28(21-9-5-2-6-10-21)29(26)22-12-14-23(15-13-22)33-18-19-7-3-1-4-8-19/h1,3-4,7-8,11-17,21H,2,5-6,9-10,18H2,(H,31,32). The van der Waals surface area contributed by atoms with Crippen LogP contribution in [0, 0.1) is 0 Å². The van der Waals surface area contributed by atoms with Gasteiger partial charge < -0.3 is 9.84 Å². The van der Waals surface area contributed by atoms with Gasteiger partial charge in [-0.1, -0.05) is 49.6 Å². The first-order chi connectivity index (χ1) is 16.1. The Kier molecular flexibility index (Phi) is 5.73. The number of ether oxygens (including phenoxy) is 1. The number of rotatable bonds is 6. The molecule has 168 valence electrons. The van der Waals surface area contributed by atoms with E-state index in [0.29, 0.717) is 12.0 Å². The fourth-order valence-electron chi connectivity index (χ4n) is 4.71. The van der Waals surface area contributed by atoms with Crippen LogP contribution in [-0.4, -0.2) is 20.4 Å². The number of benzene rings is 3. The molecule has 0 saturated heterocycles. The summed E-state index contributed by atoms with van der Waals surface area (Å²) in [7, 11) is 0. The number of aromatic nitrogens is 2. The maximum Gasteiger partial charge on any atom is 0.335 e. The summed E-state index contributed by atoms with van der Waals surface area (Å²) in [5.74, 6) is -0.308. The molecular formula is C27H26N2O4. The zero-order valence-electron chi connectivity index (χ0n) is 18.3.